The van der Waals surface area contributed by atoms with Gasteiger partial charge in [-0.05, 0) is 91.2 Å². The van der Waals surface area contributed by atoms with Crippen LogP contribution < -0.4 is 0 Å². The lowest BCUT2D eigenvalue weighted by molar-refractivity contribution is 0.663. The van der Waals surface area contributed by atoms with E-state index in [0.717, 1.165) is 39.5 Å². The van der Waals surface area contributed by atoms with Gasteiger partial charge in [-0.25, -0.2) is 9.97 Å². The lowest BCUT2D eigenvalue weighted by Crippen LogP contribution is -2.18. The summed E-state index contributed by atoms with van der Waals surface area (Å²) < 4.78 is 0. The molecule has 2 nitrogen and oxygen atoms in total. The normalized spacial score (nSPS) is 12.7. The topological polar surface area (TPSA) is 25.8 Å². The van der Waals surface area contributed by atoms with Crippen LogP contribution in [0.2, 0.25) is 0 Å². The Labute approximate surface area is 322 Å². The lowest BCUT2D eigenvalue weighted by Gasteiger charge is -2.25. The van der Waals surface area contributed by atoms with Crippen LogP contribution in [0.1, 0.15) is 25.0 Å². The molecule has 0 radical (unpaired) electrons. The smallest absolute Gasteiger partial charge is 0.160 e. The molecule has 0 unspecified atom stereocenters. The van der Waals surface area contributed by atoms with Crippen molar-refractivity contribution in [1.29, 1.82) is 0 Å². The van der Waals surface area contributed by atoms with E-state index in [1.807, 2.05) is 6.07 Å². The van der Waals surface area contributed by atoms with Gasteiger partial charge < -0.3 is 0 Å². The number of aromatic nitrogens is 2. The van der Waals surface area contributed by atoms with Gasteiger partial charge in [-0.1, -0.05) is 178 Å². The summed E-state index contributed by atoms with van der Waals surface area (Å²) in [4.78, 5) is 10.7. The van der Waals surface area contributed by atoms with Crippen LogP contribution >= 0.6 is 0 Å². The Bertz CT molecular complexity index is 2820. The molecule has 0 spiro atoms. The van der Waals surface area contributed by atoms with Crippen molar-refractivity contribution < 1.29 is 0 Å². The molecular formula is C53H38N2. The summed E-state index contributed by atoms with van der Waals surface area (Å²) in [5, 5.41) is 2.51. The molecule has 0 bridgehead atoms. The Morgan fingerprint density at radius 2 is 0.764 bits per heavy atom. The van der Waals surface area contributed by atoms with Crippen molar-refractivity contribution in [3.8, 4) is 78.4 Å². The maximum atomic E-state index is 5.41. The van der Waals surface area contributed by atoms with Gasteiger partial charge in [-0.3, -0.25) is 0 Å². The van der Waals surface area contributed by atoms with Crippen LogP contribution in [0.3, 0.4) is 0 Å². The van der Waals surface area contributed by atoms with Gasteiger partial charge in [0, 0.05) is 27.7 Å². The van der Waals surface area contributed by atoms with E-state index in [4.69, 9.17) is 9.97 Å². The average molecular weight is 703 g/mol. The first-order chi connectivity index (χ1) is 27.0. The SMILES string of the molecule is CC1(C)c2c(-c3cccc(-c4cccc(-c5cc(-c6ccccc6)cc(-c6ccccc6)c5)c4)c3)nc(-c3ccccc3)nc2-c2ccc3ccccc3c21. The van der Waals surface area contributed by atoms with Crippen molar-refractivity contribution in [3.63, 3.8) is 0 Å². The number of benzene rings is 8. The summed E-state index contributed by atoms with van der Waals surface area (Å²) in [6, 6.07) is 69.6. The number of hydrogen-bond acceptors (Lipinski definition) is 2. The second-order valence-electron chi connectivity index (χ2n) is 15.0. The van der Waals surface area contributed by atoms with Gasteiger partial charge in [0.25, 0.3) is 0 Å². The molecule has 8 aromatic carbocycles. The van der Waals surface area contributed by atoms with Gasteiger partial charge in [0.2, 0.25) is 0 Å². The lowest BCUT2D eigenvalue weighted by atomic mass is 9.78. The number of rotatable bonds is 6. The highest BCUT2D eigenvalue weighted by molar-refractivity contribution is 5.98. The Hall–Kier alpha value is -6.90. The fourth-order valence-corrected chi connectivity index (χ4v) is 8.55. The first-order valence-electron chi connectivity index (χ1n) is 19.0. The van der Waals surface area contributed by atoms with Gasteiger partial charge in [0.1, 0.15) is 0 Å². The van der Waals surface area contributed by atoms with Gasteiger partial charge >= 0.3 is 0 Å². The zero-order valence-corrected chi connectivity index (χ0v) is 30.9. The minimum atomic E-state index is -0.313. The third-order valence-electron chi connectivity index (χ3n) is 11.2. The highest BCUT2D eigenvalue weighted by atomic mass is 14.9. The predicted octanol–water partition coefficient (Wildman–Crippen LogP) is 13.9. The minimum absolute atomic E-state index is 0.313. The highest BCUT2D eigenvalue weighted by Gasteiger charge is 2.41. The third kappa shape index (κ3) is 5.75. The van der Waals surface area contributed by atoms with Crippen LogP contribution in [0.15, 0.2) is 194 Å². The molecule has 0 saturated carbocycles. The molecule has 0 atom stereocenters. The highest BCUT2D eigenvalue weighted by Crippen LogP contribution is 2.53. The first-order valence-corrected chi connectivity index (χ1v) is 19.0. The van der Waals surface area contributed by atoms with E-state index in [9.17, 15) is 0 Å². The van der Waals surface area contributed by atoms with E-state index in [1.165, 1.54) is 60.8 Å². The van der Waals surface area contributed by atoms with Crippen molar-refractivity contribution in [3.05, 3.63) is 205 Å². The number of hydrogen-bond donors (Lipinski definition) is 0. The summed E-state index contributed by atoms with van der Waals surface area (Å²) in [6.07, 6.45) is 0. The molecule has 55 heavy (non-hydrogen) atoms. The van der Waals surface area contributed by atoms with Crippen LogP contribution in [-0.4, -0.2) is 9.97 Å². The van der Waals surface area contributed by atoms with Gasteiger partial charge in [-0.2, -0.15) is 0 Å². The molecule has 1 heterocycles. The van der Waals surface area contributed by atoms with Crippen LogP contribution in [0.25, 0.3) is 89.2 Å². The molecule has 0 aliphatic heterocycles. The Morgan fingerprint density at radius 1 is 0.327 bits per heavy atom. The molecule has 1 aliphatic rings. The summed E-state index contributed by atoms with van der Waals surface area (Å²) >= 11 is 0. The van der Waals surface area contributed by atoms with Crippen molar-refractivity contribution in [1.82, 2.24) is 9.97 Å². The molecule has 0 fully saturated rings. The Kier molecular flexibility index (Phi) is 7.85. The predicted molar refractivity (Wildman–Crippen MR) is 230 cm³/mol. The van der Waals surface area contributed by atoms with E-state index in [-0.39, 0.29) is 5.41 Å². The molecule has 1 aliphatic carbocycles. The van der Waals surface area contributed by atoms with Gasteiger partial charge in [0.05, 0.1) is 11.4 Å². The maximum Gasteiger partial charge on any atom is 0.160 e. The fourth-order valence-electron chi connectivity index (χ4n) is 8.55. The maximum absolute atomic E-state index is 5.41. The minimum Gasteiger partial charge on any atom is -0.228 e. The number of nitrogens with zero attached hydrogens (tertiary/aromatic N) is 2. The van der Waals surface area contributed by atoms with E-state index in [1.54, 1.807) is 0 Å². The summed E-state index contributed by atoms with van der Waals surface area (Å²) in [7, 11) is 0. The van der Waals surface area contributed by atoms with E-state index in [2.05, 4.69) is 202 Å². The van der Waals surface area contributed by atoms with Crippen molar-refractivity contribution >= 4 is 10.8 Å². The first kappa shape index (κ1) is 32.7. The van der Waals surface area contributed by atoms with Crippen molar-refractivity contribution in [2.75, 3.05) is 0 Å². The van der Waals surface area contributed by atoms with Crippen molar-refractivity contribution in [2.24, 2.45) is 0 Å². The summed E-state index contributed by atoms with van der Waals surface area (Å²) in [5.41, 5.74) is 17.0. The largest absolute Gasteiger partial charge is 0.228 e. The molecular weight excluding hydrogens is 665 g/mol. The van der Waals surface area contributed by atoms with E-state index >= 15 is 0 Å². The standard InChI is InChI=1S/C53H38N2/c1-53(2)48-46-27-13-12-20-37(46)28-29-47(48)51-49(53)50(54-52(55-51)38-21-10-5-11-22-38)42-26-15-24-40(31-42)39-23-14-25-41(30-39)45-33-43(35-16-6-3-7-17-35)32-44(34-45)36-18-8-4-9-19-36/h3-34H,1-2H3. The molecule has 2 heteroatoms. The van der Waals surface area contributed by atoms with Gasteiger partial charge in [0.15, 0.2) is 5.82 Å². The number of fused-ring (bicyclic) bond motifs is 5. The van der Waals surface area contributed by atoms with E-state index in [0.29, 0.717) is 0 Å². The van der Waals surface area contributed by atoms with Crippen LogP contribution in [0, 0.1) is 0 Å². The second kappa shape index (κ2) is 13.2. The molecule has 9 aromatic rings. The van der Waals surface area contributed by atoms with Crippen LogP contribution in [0.5, 0.6) is 0 Å². The van der Waals surface area contributed by atoms with Crippen molar-refractivity contribution in [2.45, 2.75) is 19.3 Å². The summed E-state index contributed by atoms with van der Waals surface area (Å²) in [6.45, 7) is 4.67. The average Bonchev–Trinajstić information content (AvgIpc) is 3.50. The second-order valence-corrected chi connectivity index (χ2v) is 15.0. The van der Waals surface area contributed by atoms with Gasteiger partial charge in [-0.15, -0.1) is 0 Å². The summed E-state index contributed by atoms with van der Waals surface area (Å²) in [5.74, 6) is 0.742. The molecule has 0 amide bonds. The molecule has 1 aromatic heterocycles. The quantitative estimate of drug-likeness (QED) is 0.172. The molecule has 260 valence electrons. The van der Waals surface area contributed by atoms with Crippen LogP contribution in [0.4, 0.5) is 0 Å². The fraction of sp³-hybridized carbons (Fsp3) is 0.0566. The monoisotopic (exact) mass is 702 g/mol. The molecule has 10 rings (SSSR count). The zero-order chi connectivity index (χ0) is 36.9. The zero-order valence-electron chi connectivity index (χ0n) is 30.9. The molecule has 0 N–H and O–H groups in total. The van der Waals surface area contributed by atoms with E-state index < -0.39 is 0 Å². The van der Waals surface area contributed by atoms with Crippen LogP contribution in [-0.2, 0) is 5.41 Å². The molecule has 0 saturated heterocycles. The Balaban J connectivity index is 1.12. The Morgan fingerprint density at radius 3 is 1.38 bits per heavy atom. The third-order valence-corrected chi connectivity index (χ3v) is 11.2.